The van der Waals surface area contributed by atoms with Crippen LogP contribution < -0.4 is 0 Å². The van der Waals surface area contributed by atoms with Gasteiger partial charge in [-0.05, 0) is 25.5 Å². The average Bonchev–Trinajstić information content (AvgIpc) is 2.58. The maximum Gasteiger partial charge on any atom is 0.358 e. The summed E-state index contributed by atoms with van der Waals surface area (Å²) in [5.41, 5.74) is 2.83. The highest BCUT2D eigenvalue weighted by Gasteiger charge is 2.11. The molecule has 0 spiro atoms. The van der Waals surface area contributed by atoms with Gasteiger partial charge in [0.2, 0.25) is 0 Å². The third-order valence-corrected chi connectivity index (χ3v) is 2.12. The number of hydrogen-bond donors (Lipinski definition) is 0. The lowest BCUT2D eigenvalue weighted by molar-refractivity contribution is 0.0592. The van der Waals surface area contributed by atoms with E-state index in [2.05, 4.69) is 14.8 Å². The zero-order chi connectivity index (χ0) is 11.0. The lowest BCUT2D eigenvalue weighted by Crippen LogP contribution is -2.08. The van der Waals surface area contributed by atoms with Gasteiger partial charge in [-0.15, -0.1) is 0 Å². The number of rotatable bonds is 1. The molecule has 0 N–H and O–H groups in total. The highest BCUT2D eigenvalue weighted by Crippen LogP contribution is 2.10. The van der Waals surface area contributed by atoms with Crippen LogP contribution in [0.2, 0.25) is 0 Å². The van der Waals surface area contributed by atoms with Crippen LogP contribution in [0.4, 0.5) is 0 Å². The SMILES string of the molecule is COC(=O)c1cc(C)c2nc(C)cn2n1. The Morgan fingerprint density at radius 3 is 2.87 bits per heavy atom. The summed E-state index contributed by atoms with van der Waals surface area (Å²) in [5, 5.41) is 4.11. The molecule has 15 heavy (non-hydrogen) atoms. The molecule has 0 aliphatic rings. The Kier molecular flexibility index (Phi) is 2.15. The minimum atomic E-state index is -0.439. The second kappa shape index (κ2) is 3.34. The Morgan fingerprint density at radius 1 is 1.47 bits per heavy atom. The van der Waals surface area contributed by atoms with Crippen molar-refractivity contribution in [1.82, 2.24) is 14.6 Å². The number of fused-ring (bicyclic) bond motifs is 1. The average molecular weight is 205 g/mol. The normalized spacial score (nSPS) is 10.6. The molecule has 0 unspecified atom stereocenters. The molecule has 0 radical (unpaired) electrons. The summed E-state index contributed by atoms with van der Waals surface area (Å²) in [6, 6.07) is 1.67. The van der Waals surface area contributed by atoms with E-state index >= 15 is 0 Å². The van der Waals surface area contributed by atoms with Crippen molar-refractivity contribution in [3.63, 3.8) is 0 Å². The molecule has 0 aromatic carbocycles. The van der Waals surface area contributed by atoms with Crippen molar-refractivity contribution < 1.29 is 9.53 Å². The van der Waals surface area contributed by atoms with Gasteiger partial charge in [0.05, 0.1) is 19.0 Å². The van der Waals surface area contributed by atoms with Crippen LogP contribution in [-0.4, -0.2) is 27.7 Å². The first kappa shape index (κ1) is 9.64. The van der Waals surface area contributed by atoms with Crippen LogP contribution in [0.1, 0.15) is 21.7 Å². The van der Waals surface area contributed by atoms with Crippen molar-refractivity contribution in [3.8, 4) is 0 Å². The van der Waals surface area contributed by atoms with Crippen LogP contribution >= 0.6 is 0 Å². The molecule has 0 amide bonds. The van der Waals surface area contributed by atoms with E-state index in [4.69, 9.17) is 0 Å². The summed E-state index contributed by atoms with van der Waals surface area (Å²) >= 11 is 0. The first-order chi connectivity index (χ1) is 7.11. The third kappa shape index (κ3) is 1.56. The molecule has 2 heterocycles. The molecular weight excluding hydrogens is 194 g/mol. The molecule has 0 saturated heterocycles. The Balaban J connectivity index is 2.66. The predicted octanol–water partition coefficient (Wildman–Crippen LogP) is 1.13. The number of methoxy groups -OCH3 is 1. The highest BCUT2D eigenvalue weighted by molar-refractivity contribution is 5.87. The van der Waals surface area contributed by atoms with Crippen LogP contribution in [0, 0.1) is 13.8 Å². The molecule has 0 aliphatic heterocycles. The van der Waals surface area contributed by atoms with E-state index in [-0.39, 0.29) is 0 Å². The van der Waals surface area contributed by atoms with Gasteiger partial charge in [0, 0.05) is 0 Å². The van der Waals surface area contributed by atoms with Crippen molar-refractivity contribution in [2.75, 3.05) is 7.11 Å². The number of imidazole rings is 1. The monoisotopic (exact) mass is 205 g/mol. The van der Waals surface area contributed by atoms with Gasteiger partial charge in [0.25, 0.3) is 0 Å². The molecule has 2 aromatic rings. The van der Waals surface area contributed by atoms with Gasteiger partial charge in [-0.3, -0.25) is 0 Å². The minimum absolute atomic E-state index is 0.292. The quantitative estimate of drug-likeness (QED) is 0.655. The Labute approximate surface area is 86.7 Å². The van der Waals surface area contributed by atoms with E-state index in [0.29, 0.717) is 5.69 Å². The first-order valence-corrected chi connectivity index (χ1v) is 4.54. The molecular formula is C10H11N3O2. The standard InChI is InChI=1S/C10H11N3O2/c1-6-4-8(10(14)15-3)12-13-5-7(2)11-9(6)13/h4-5H,1-3H3. The number of aryl methyl sites for hydroxylation is 2. The number of nitrogens with zero attached hydrogens (tertiary/aromatic N) is 3. The van der Waals surface area contributed by atoms with Crippen LogP contribution in [0.15, 0.2) is 12.3 Å². The molecule has 0 saturated carbocycles. The molecule has 2 rings (SSSR count). The fourth-order valence-electron chi connectivity index (χ4n) is 1.45. The van der Waals surface area contributed by atoms with Crippen molar-refractivity contribution in [1.29, 1.82) is 0 Å². The minimum Gasteiger partial charge on any atom is -0.464 e. The molecule has 0 bridgehead atoms. The second-order valence-electron chi connectivity index (χ2n) is 3.35. The lowest BCUT2D eigenvalue weighted by atomic mass is 10.3. The van der Waals surface area contributed by atoms with Crippen molar-refractivity contribution in [3.05, 3.63) is 29.2 Å². The van der Waals surface area contributed by atoms with Gasteiger partial charge in [0.15, 0.2) is 11.3 Å². The zero-order valence-electron chi connectivity index (χ0n) is 8.81. The summed E-state index contributed by atoms with van der Waals surface area (Å²) in [4.78, 5) is 15.6. The second-order valence-corrected chi connectivity index (χ2v) is 3.35. The number of carbonyl (C=O) groups is 1. The Hall–Kier alpha value is -1.91. The molecule has 0 aliphatic carbocycles. The van der Waals surface area contributed by atoms with Gasteiger partial charge >= 0.3 is 5.97 Å². The van der Waals surface area contributed by atoms with Crippen LogP contribution in [-0.2, 0) is 4.74 Å². The van der Waals surface area contributed by atoms with Crippen LogP contribution in [0.3, 0.4) is 0 Å². The van der Waals surface area contributed by atoms with Gasteiger partial charge < -0.3 is 4.74 Å². The fraction of sp³-hybridized carbons (Fsp3) is 0.300. The summed E-state index contributed by atoms with van der Waals surface area (Å²) in [6.07, 6.45) is 1.77. The fourth-order valence-corrected chi connectivity index (χ4v) is 1.45. The molecule has 5 nitrogen and oxygen atoms in total. The van der Waals surface area contributed by atoms with Gasteiger partial charge in [-0.2, -0.15) is 5.10 Å². The van der Waals surface area contributed by atoms with Gasteiger partial charge in [-0.1, -0.05) is 0 Å². The summed E-state index contributed by atoms with van der Waals surface area (Å²) in [6.45, 7) is 3.77. The third-order valence-electron chi connectivity index (χ3n) is 2.12. The number of carbonyl (C=O) groups excluding carboxylic acids is 1. The first-order valence-electron chi connectivity index (χ1n) is 4.54. The maximum absolute atomic E-state index is 11.3. The van der Waals surface area contributed by atoms with Crippen LogP contribution in [0.5, 0.6) is 0 Å². The Bertz CT molecular complexity index is 531. The molecule has 0 atom stereocenters. The van der Waals surface area contributed by atoms with E-state index in [9.17, 15) is 4.79 Å². The van der Waals surface area contributed by atoms with Crippen molar-refractivity contribution in [2.24, 2.45) is 0 Å². The summed E-state index contributed by atoms with van der Waals surface area (Å²) in [5.74, 6) is -0.439. The zero-order valence-corrected chi connectivity index (χ0v) is 8.81. The number of hydrogen-bond acceptors (Lipinski definition) is 4. The Morgan fingerprint density at radius 2 is 2.20 bits per heavy atom. The summed E-state index contributed by atoms with van der Waals surface area (Å²) < 4.78 is 6.21. The molecule has 0 fully saturated rings. The largest absolute Gasteiger partial charge is 0.464 e. The maximum atomic E-state index is 11.3. The number of esters is 1. The molecule has 5 heteroatoms. The molecule has 2 aromatic heterocycles. The lowest BCUT2D eigenvalue weighted by Gasteiger charge is -2.01. The number of aromatic nitrogens is 3. The smallest absolute Gasteiger partial charge is 0.358 e. The van der Waals surface area contributed by atoms with Gasteiger partial charge in [-0.25, -0.2) is 14.3 Å². The highest BCUT2D eigenvalue weighted by atomic mass is 16.5. The predicted molar refractivity (Wildman–Crippen MR) is 53.8 cm³/mol. The van der Waals surface area contributed by atoms with E-state index in [0.717, 1.165) is 16.9 Å². The topological polar surface area (TPSA) is 56.5 Å². The van der Waals surface area contributed by atoms with E-state index < -0.39 is 5.97 Å². The van der Waals surface area contributed by atoms with E-state index in [1.165, 1.54) is 7.11 Å². The van der Waals surface area contributed by atoms with Crippen molar-refractivity contribution in [2.45, 2.75) is 13.8 Å². The summed E-state index contributed by atoms with van der Waals surface area (Å²) in [7, 11) is 1.34. The van der Waals surface area contributed by atoms with E-state index in [1.807, 2.05) is 13.8 Å². The van der Waals surface area contributed by atoms with Crippen molar-refractivity contribution >= 4 is 11.6 Å². The van der Waals surface area contributed by atoms with Gasteiger partial charge in [0.1, 0.15) is 0 Å². The number of ether oxygens (including phenoxy) is 1. The van der Waals surface area contributed by atoms with E-state index in [1.54, 1.807) is 16.8 Å². The molecule has 78 valence electrons. The van der Waals surface area contributed by atoms with Crippen LogP contribution in [0.25, 0.3) is 5.65 Å².